The number of rotatable bonds is 6. The predicted molar refractivity (Wildman–Crippen MR) is 81.0 cm³/mol. The standard InChI is InChI=1S/C13H20IN3O/c1-3-17(4-2)8-7-10-15-12(9-5-6-9)11(14)13(18)16-10/h9H,3-8H2,1-2H3,(H,15,16,18). The molecule has 1 heterocycles. The van der Waals surface area contributed by atoms with Gasteiger partial charge in [0.15, 0.2) is 0 Å². The SMILES string of the molecule is CCN(CC)CCc1nc(C2CC2)c(I)c(=O)[nH]1. The summed E-state index contributed by atoms with van der Waals surface area (Å²) >= 11 is 2.12. The lowest BCUT2D eigenvalue weighted by atomic mass is 10.2. The van der Waals surface area contributed by atoms with Crippen molar-refractivity contribution in [2.24, 2.45) is 0 Å². The Hall–Kier alpha value is -0.430. The van der Waals surface area contributed by atoms with Crippen molar-refractivity contribution in [3.8, 4) is 0 Å². The highest BCUT2D eigenvalue weighted by molar-refractivity contribution is 14.1. The van der Waals surface area contributed by atoms with Crippen molar-refractivity contribution in [1.82, 2.24) is 14.9 Å². The molecule has 1 fully saturated rings. The summed E-state index contributed by atoms with van der Waals surface area (Å²) in [5.74, 6) is 1.38. The lowest BCUT2D eigenvalue weighted by Crippen LogP contribution is -2.27. The van der Waals surface area contributed by atoms with E-state index in [2.05, 4.69) is 51.3 Å². The molecule has 0 spiro atoms. The second kappa shape index (κ2) is 6.14. The highest BCUT2D eigenvalue weighted by Gasteiger charge is 2.28. The van der Waals surface area contributed by atoms with E-state index in [0.717, 1.165) is 41.1 Å². The fourth-order valence-corrected chi connectivity index (χ4v) is 2.77. The summed E-state index contributed by atoms with van der Waals surface area (Å²) in [5, 5.41) is 0. The molecule has 100 valence electrons. The molecule has 1 aliphatic carbocycles. The number of nitrogens with zero attached hydrogens (tertiary/aromatic N) is 2. The lowest BCUT2D eigenvalue weighted by molar-refractivity contribution is 0.305. The highest BCUT2D eigenvalue weighted by Crippen LogP contribution is 2.40. The molecule has 0 saturated heterocycles. The minimum absolute atomic E-state index is 0.0297. The van der Waals surface area contributed by atoms with Crippen LogP contribution in [0.3, 0.4) is 0 Å². The number of halogens is 1. The van der Waals surface area contributed by atoms with Crippen molar-refractivity contribution in [3.63, 3.8) is 0 Å². The van der Waals surface area contributed by atoms with E-state index in [-0.39, 0.29) is 5.56 Å². The van der Waals surface area contributed by atoms with Gasteiger partial charge < -0.3 is 9.88 Å². The van der Waals surface area contributed by atoms with Crippen LogP contribution in [0.15, 0.2) is 4.79 Å². The van der Waals surface area contributed by atoms with Gasteiger partial charge in [-0.25, -0.2) is 4.98 Å². The van der Waals surface area contributed by atoms with Gasteiger partial charge in [0.1, 0.15) is 5.82 Å². The molecule has 18 heavy (non-hydrogen) atoms. The zero-order valence-corrected chi connectivity index (χ0v) is 13.2. The molecule has 1 aromatic heterocycles. The zero-order chi connectivity index (χ0) is 13.1. The molecule has 0 atom stereocenters. The van der Waals surface area contributed by atoms with E-state index < -0.39 is 0 Å². The van der Waals surface area contributed by atoms with Gasteiger partial charge in [0.25, 0.3) is 5.56 Å². The van der Waals surface area contributed by atoms with Crippen molar-refractivity contribution < 1.29 is 0 Å². The van der Waals surface area contributed by atoms with Crippen molar-refractivity contribution in [1.29, 1.82) is 0 Å². The first-order valence-corrected chi connectivity index (χ1v) is 7.74. The van der Waals surface area contributed by atoms with Gasteiger partial charge >= 0.3 is 0 Å². The minimum Gasteiger partial charge on any atom is -0.310 e. The van der Waals surface area contributed by atoms with Gasteiger partial charge in [-0.05, 0) is 48.5 Å². The van der Waals surface area contributed by atoms with Crippen molar-refractivity contribution in [2.75, 3.05) is 19.6 Å². The van der Waals surface area contributed by atoms with Gasteiger partial charge in [-0.3, -0.25) is 4.79 Å². The first-order chi connectivity index (χ1) is 8.65. The Labute approximate surface area is 121 Å². The summed E-state index contributed by atoms with van der Waals surface area (Å²) in [6.45, 7) is 7.36. The van der Waals surface area contributed by atoms with Crippen LogP contribution < -0.4 is 5.56 Å². The third-order valence-corrected chi connectivity index (χ3v) is 4.50. The molecule has 4 nitrogen and oxygen atoms in total. The van der Waals surface area contributed by atoms with Gasteiger partial charge in [-0.1, -0.05) is 13.8 Å². The molecular weight excluding hydrogens is 341 g/mol. The maximum atomic E-state index is 11.9. The Kier molecular flexibility index (Phi) is 4.77. The van der Waals surface area contributed by atoms with E-state index in [1.165, 1.54) is 12.8 Å². The second-order valence-electron chi connectivity index (χ2n) is 4.76. The van der Waals surface area contributed by atoms with E-state index in [9.17, 15) is 4.79 Å². The van der Waals surface area contributed by atoms with E-state index in [0.29, 0.717) is 5.92 Å². The molecule has 1 aromatic rings. The number of hydrogen-bond donors (Lipinski definition) is 1. The number of likely N-dealkylation sites (N-methyl/N-ethyl adjacent to an activating group) is 1. The highest BCUT2D eigenvalue weighted by atomic mass is 127. The zero-order valence-electron chi connectivity index (χ0n) is 11.0. The van der Waals surface area contributed by atoms with Crippen LogP contribution in [0.4, 0.5) is 0 Å². The molecule has 0 aromatic carbocycles. The lowest BCUT2D eigenvalue weighted by Gasteiger charge is -2.17. The van der Waals surface area contributed by atoms with Gasteiger partial charge in [0.05, 0.1) is 9.26 Å². The quantitative estimate of drug-likeness (QED) is 0.790. The van der Waals surface area contributed by atoms with Crippen LogP contribution in [0.1, 0.15) is 44.1 Å². The van der Waals surface area contributed by atoms with E-state index in [1.54, 1.807) is 0 Å². The van der Waals surface area contributed by atoms with Gasteiger partial charge in [0.2, 0.25) is 0 Å². The van der Waals surface area contributed by atoms with Crippen LogP contribution in [0.25, 0.3) is 0 Å². The molecule has 0 aliphatic heterocycles. The maximum Gasteiger partial charge on any atom is 0.264 e. The van der Waals surface area contributed by atoms with Gasteiger partial charge in [0, 0.05) is 18.9 Å². The molecule has 1 aliphatic rings. The van der Waals surface area contributed by atoms with Crippen molar-refractivity contribution >= 4 is 22.6 Å². The average Bonchev–Trinajstić information content (AvgIpc) is 3.18. The Morgan fingerprint density at radius 2 is 2.06 bits per heavy atom. The summed E-state index contributed by atoms with van der Waals surface area (Å²) in [6, 6.07) is 0. The van der Waals surface area contributed by atoms with Crippen molar-refractivity contribution in [3.05, 3.63) is 25.4 Å². The largest absolute Gasteiger partial charge is 0.310 e. The molecule has 1 saturated carbocycles. The monoisotopic (exact) mass is 361 g/mol. The Balaban J connectivity index is 2.11. The fraction of sp³-hybridized carbons (Fsp3) is 0.692. The molecule has 0 amide bonds. The third-order valence-electron chi connectivity index (χ3n) is 3.46. The second-order valence-corrected chi connectivity index (χ2v) is 5.84. The van der Waals surface area contributed by atoms with Crippen LogP contribution in [-0.2, 0) is 6.42 Å². The predicted octanol–water partition coefficient (Wildman–Crippen LogP) is 2.14. The van der Waals surface area contributed by atoms with Crippen LogP contribution >= 0.6 is 22.6 Å². The summed E-state index contributed by atoms with van der Waals surface area (Å²) in [7, 11) is 0. The molecule has 5 heteroatoms. The first-order valence-electron chi connectivity index (χ1n) is 6.66. The number of aromatic nitrogens is 2. The van der Waals surface area contributed by atoms with Crippen LogP contribution in [-0.4, -0.2) is 34.5 Å². The molecule has 0 unspecified atom stereocenters. The average molecular weight is 361 g/mol. The Bertz CT molecular complexity index is 464. The van der Waals surface area contributed by atoms with E-state index >= 15 is 0 Å². The molecule has 1 N–H and O–H groups in total. The van der Waals surface area contributed by atoms with Crippen LogP contribution in [0.2, 0.25) is 0 Å². The number of hydrogen-bond acceptors (Lipinski definition) is 3. The molecular formula is C13H20IN3O. The Morgan fingerprint density at radius 3 is 2.61 bits per heavy atom. The Morgan fingerprint density at radius 1 is 1.39 bits per heavy atom. The van der Waals surface area contributed by atoms with E-state index in [4.69, 9.17) is 0 Å². The molecule has 0 bridgehead atoms. The minimum atomic E-state index is 0.0297. The first kappa shape index (κ1) is 14.0. The summed E-state index contributed by atoms with van der Waals surface area (Å²) in [4.78, 5) is 21.7. The number of aromatic amines is 1. The molecule has 2 rings (SSSR count). The maximum absolute atomic E-state index is 11.9. The van der Waals surface area contributed by atoms with Crippen LogP contribution in [0, 0.1) is 3.57 Å². The smallest absolute Gasteiger partial charge is 0.264 e. The van der Waals surface area contributed by atoms with Gasteiger partial charge in [-0.15, -0.1) is 0 Å². The third kappa shape index (κ3) is 3.32. The normalized spacial score (nSPS) is 15.3. The fourth-order valence-electron chi connectivity index (χ4n) is 2.07. The van der Waals surface area contributed by atoms with Crippen LogP contribution in [0.5, 0.6) is 0 Å². The van der Waals surface area contributed by atoms with Crippen molar-refractivity contribution in [2.45, 2.75) is 39.0 Å². The molecule has 0 radical (unpaired) electrons. The number of H-pyrrole nitrogens is 1. The number of nitrogens with one attached hydrogen (secondary N) is 1. The topological polar surface area (TPSA) is 49.0 Å². The summed E-state index contributed by atoms with van der Waals surface area (Å²) < 4.78 is 0.779. The summed E-state index contributed by atoms with van der Waals surface area (Å²) in [6.07, 6.45) is 3.19. The van der Waals surface area contributed by atoms with E-state index in [1.807, 2.05) is 0 Å². The van der Waals surface area contributed by atoms with Gasteiger partial charge in [-0.2, -0.15) is 0 Å². The summed E-state index contributed by atoms with van der Waals surface area (Å²) in [5.41, 5.74) is 1.05.